The van der Waals surface area contributed by atoms with E-state index in [0.29, 0.717) is 11.6 Å². The lowest BCUT2D eigenvalue weighted by Gasteiger charge is -2.34. The predicted octanol–water partition coefficient (Wildman–Crippen LogP) is 2.72. The van der Waals surface area contributed by atoms with Gasteiger partial charge in [-0.25, -0.2) is 4.52 Å². The summed E-state index contributed by atoms with van der Waals surface area (Å²) in [4.78, 5) is 14.7. The Bertz CT molecular complexity index is 595. The van der Waals surface area contributed by atoms with Crippen LogP contribution in [0.15, 0.2) is 30.6 Å². The summed E-state index contributed by atoms with van der Waals surface area (Å²) in [5, 5.41) is 5.09. The topological polar surface area (TPSA) is 37.6 Å². The third kappa shape index (κ3) is 2.27. The maximum Gasteiger partial charge on any atom is 0.257 e. The van der Waals surface area contributed by atoms with Crippen molar-refractivity contribution in [3.63, 3.8) is 0 Å². The zero-order valence-electron chi connectivity index (χ0n) is 10.6. The monoisotopic (exact) mass is 321 g/mol. The summed E-state index contributed by atoms with van der Waals surface area (Å²) in [7, 11) is 0. The summed E-state index contributed by atoms with van der Waals surface area (Å²) in [6.45, 7) is 0.847. The number of rotatable bonds is 2. The lowest BCUT2D eigenvalue weighted by atomic mass is 10.0. The minimum absolute atomic E-state index is 0.102. The zero-order valence-corrected chi connectivity index (χ0v) is 12.2. The minimum Gasteiger partial charge on any atom is -0.335 e. The Hall–Kier alpha value is -1.36. The molecule has 0 saturated carbocycles. The van der Waals surface area contributed by atoms with Crippen LogP contribution in [0.2, 0.25) is 0 Å². The molecule has 1 saturated heterocycles. The summed E-state index contributed by atoms with van der Waals surface area (Å²) in [5.41, 5.74) is 1.58. The number of halogens is 1. The number of piperidine rings is 1. The average Bonchev–Trinajstić information content (AvgIpc) is 2.90. The maximum atomic E-state index is 12.7. The van der Waals surface area contributed by atoms with Crippen molar-refractivity contribution in [3.8, 4) is 0 Å². The molecule has 19 heavy (non-hydrogen) atoms. The van der Waals surface area contributed by atoms with Gasteiger partial charge in [-0.05, 0) is 31.4 Å². The van der Waals surface area contributed by atoms with Gasteiger partial charge in [-0.3, -0.25) is 4.79 Å². The van der Waals surface area contributed by atoms with Crippen LogP contribution in [0.3, 0.4) is 0 Å². The second kappa shape index (κ2) is 5.33. The number of likely N-dealkylation sites (tertiary alicyclic amines) is 1. The van der Waals surface area contributed by atoms with Crippen molar-refractivity contribution in [2.75, 3.05) is 11.9 Å². The fourth-order valence-corrected chi connectivity index (χ4v) is 3.36. The van der Waals surface area contributed by atoms with Gasteiger partial charge in [0.25, 0.3) is 5.91 Å². The second-order valence-electron chi connectivity index (χ2n) is 4.89. The number of fused-ring (bicyclic) bond motifs is 1. The summed E-state index contributed by atoms with van der Waals surface area (Å²) in [5.74, 6) is 0.102. The van der Waals surface area contributed by atoms with Crippen LogP contribution in [0.25, 0.3) is 5.52 Å². The molecule has 3 heterocycles. The number of carbonyl (C=O) groups is 1. The van der Waals surface area contributed by atoms with Crippen LogP contribution in [-0.2, 0) is 0 Å². The van der Waals surface area contributed by atoms with E-state index in [1.807, 2.05) is 29.3 Å². The Morgan fingerprint density at radius 3 is 3.16 bits per heavy atom. The van der Waals surface area contributed by atoms with Crippen molar-refractivity contribution in [3.05, 3.63) is 36.2 Å². The Labute approximate surface area is 120 Å². The number of aromatic nitrogens is 2. The second-order valence-corrected chi connectivity index (χ2v) is 5.54. The van der Waals surface area contributed by atoms with Gasteiger partial charge in [0.15, 0.2) is 0 Å². The van der Waals surface area contributed by atoms with Crippen molar-refractivity contribution in [2.24, 2.45) is 0 Å². The van der Waals surface area contributed by atoms with E-state index in [1.165, 1.54) is 6.42 Å². The summed E-state index contributed by atoms with van der Waals surface area (Å²) >= 11 is 3.52. The van der Waals surface area contributed by atoms with E-state index in [-0.39, 0.29) is 5.91 Å². The van der Waals surface area contributed by atoms with Crippen LogP contribution < -0.4 is 0 Å². The number of carbonyl (C=O) groups excluding carboxylic acids is 1. The van der Waals surface area contributed by atoms with E-state index < -0.39 is 0 Å². The third-order valence-electron chi connectivity index (χ3n) is 3.72. The lowest BCUT2D eigenvalue weighted by molar-refractivity contribution is 0.0644. The molecule has 1 atom stereocenters. The molecule has 0 aliphatic carbocycles. The number of nitrogens with zero attached hydrogens (tertiary/aromatic N) is 3. The first-order valence-corrected chi connectivity index (χ1v) is 7.72. The first-order chi connectivity index (χ1) is 9.31. The van der Waals surface area contributed by atoms with Gasteiger partial charge < -0.3 is 4.90 Å². The quantitative estimate of drug-likeness (QED) is 0.797. The molecule has 0 spiro atoms. The van der Waals surface area contributed by atoms with E-state index in [0.717, 1.165) is 30.2 Å². The first-order valence-electron chi connectivity index (χ1n) is 6.60. The van der Waals surface area contributed by atoms with E-state index in [2.05, 4.69) is 21.0 Å². The standard InChI is InChI=1S/C14H16BrN3O/c15-9-11-5-1-3-7-17(11)14(19)12-10-16-18-8-4-2-6-13(12)18/h2,4,6,8,10-11H,1,3,5,7,9H2. The van der Waals surface area contributed by atoms with E-state index in [4.69, 9.17) is 0 Å². The molecular formula is C14H16BrN3O. The predicted molar refractivity (Wildman–Crippen MR) is 77.7 cm³/mol. The normalized spacial score (nSPS) is 19.8. The molecule has 1 aliphatic rings. The molecular weight excluding hydrogens is 306 g/mol. The average molecular weight is 322 g/mol. The highest BCUT2D eigenvalue weighted by atomic mass is 79.9. The fraction of sp³-hybridized carbons (Fsp3) is 0.429. The fourth-order valence-electron chi connectivity index (χ4n) is 2.68. The highest BCUT2D eigenvalue weighted by Crippen LogP contribution is 2.22. The molecule has 5 heteroatoms. The van der Waals surface area contributed by atoms with Crippen LogP contribution in [0.4, 0.5) is 0 Å². The van der Waals surface area contributed by atoms with Gasteiger partial charge in [0, 0.05) is 24.1 Å². The van der Waals surface area contributed by atoms with E-state index in [1.54, 1.807) is 10.7 Å². The Morgan fingerprint density at radius 2 is 2.32 bits per heavy atom. The smallest absolute Gasteiger partial charge is 0.257 e. The molecule has 100 valence electrons. The molecule has 1 fully saturated rings. The van der Waals surface area contributed by atoms with Gasteiger partial charge in [0.2, 0.25) is 0 Å². The van der Waals surface area contributed by atoms with Crippen LogP contribution >= 0.6 is 15.9 Å². The molecule has 0 bridgehead atoms. The number of pyridine rings is 1. The highest BCUT2D eigenvalue weighted by Gasteiger charge is 2.28. The van der Waals surface area contributed by atoms with Gasteiger partial charge in [-0.2, -0.15) is 5.10 Å². The molecule has 0 N–H and O–H groups in total. The molecule has 0 radical (unpaired) electrons. The first kappa shape index (κ1) is 12.7. The molecule has 0 aromatic carbocycles. The highest BCUT2D eigenvalue weighted by molar-refractivity contribution is 9.09. The van der Waals surface area contributed by atoms with Gasteiger partial charge in [-0.15, -0.1) is 0 Å². The van der Waals surface area contributed by atoms with Gasteiger partial charge in [0.05, 0.1) is 17.3 Å². The van der Waals surface area contributed by atoms with Crippen LogP contribution in [0, 0.1) is 0 Å². The SMILES string of the molecule is O=C(c1cnn2ccccc12)N1CCCCC1CBr. The Balaban J connectivity index is 1.94. The molecule has 2 aromatic heterocycles. The van der Waals surface area contributed by atoms with E-state index >= 15 is 0 Å². The minimum atomic E-state index is 0.102. The Morgan fingerprint density at radius 1 is 1.42 bits per heavy atom. The van der Waals surface area contributed by atoms with E-state index in [9.17, 15) is 4.79 Å². The lowest BCUT2D eigenvalue weighted by Crippen LogP contribution is -2.44. The van der Waals surface area contributed by atoms with Crippen molar-refractivity contribution in [2.45, 2.75) is 25.3 Å². The summed E-state index contributed by atoms with van der Waals surface area (Å²) in [6.07, 6.45) is 6.92. The number of alkyl halides is 1. The van der Waals surface area contributed by atoms with Gasteiger partial charge >= 0.3 is 0 Å². The number of hydrogen-bond donors (Lipinski definition) is 0. The third-order valence-corrected chi connectivity index (χ3v) is 4.47. The zero-order chi connectivity index (χ0) is 13.2. The molecule has 2 aromatic rings. The summed E-state index contributed by atoms with van der Waals surface area (Å²) in [6, 6.07) is 6.09. The van der Waals surface area contributed by atoms with Crippen LogP contribution in [-0.4, -0.2) is 38.3 Å². The van der Waals surface area contributed by atoms with Crippen molar-refractivity contribution < 1.29 is 4.79 Å². The molecule has 1 unspecified atom stereocenters. The largest absolute Gasteiger partial charge is 0.335 e. The summed E-state index contributed by atoms with van der Waals surface area (Å²) < 4.78 is 1.75. The van der Waals surface area contributed by atoms with Crippen molar-refractivity contribution >= 4 is 27.4 Å². The van der Waals surface area contributed by atoms with Gasteiger partial charge in [0.1, 0.15) is 0 Å². The molecule has 4 nitrogen and oxygen atoms in total. The van der Waals surface area contributed by atoms with Crippen LogP contribution in [0.5, 0.6) is 0 Å². The molecule has 1 amide bonds. The van der Waals surface area contributed by atoms with Crippen molar-refractivity contribution in [1.29, 1.82) is 0 Å². The number of hydrogen-bond acceptors (Lipinski definition) is 2. The van der Waals surface area contributed by atoms with Crippen molar-refractivity contribution in [1.82, 2.24) is 14.5 Å². The Kier molecular flexibility index (Phi) is 3.55. The maximum absolute atomic E-state index is 12.7. The van der Waals surface area contributed by atoms with Crippen LogP contribution in [0.1, 0.15) is 29.6 Å². The van der Waals surface area contributed by atoms with Gasteiger partial charge in [-0.1, -0.05) is 22.0 Å². The number of amides is 1. The molecule has 1 aliphatic heterocycles. The molecule has 3 rings (SSSR count).